The molecule has 0 aromatic carbocycles. The average molecular weight is 202 g/mol. The van der Waals surface area contributed by atoms with Crippen molar-refractivity contribution in [1.82, 2.24) is 15.1 Å². The number of halogens is 1. The molecule has 0 saturated heterocycles. The number of nitrogens with one attached hydrogen (secondary N) is 1. The van der Waals surface area contributed by atoms with Gasteiger partial charge in [0.15, 0.2) is 5.15 Å². The van der Waals surface area contributed by atoms with Crippen LogP contribution in [0.25, 0.3) is 0 Å². The van der Waals surface area contributed by atoms with E-state index in [4.69, 9.17) is 11.6 Å². The molecule has 0 bridgehead atoms. The first kappa shape index (κ1) is 10.5. The first-order valence-corrected chi connectivity index (χ1v) is 5.01. The molecular weight excluding hydrogens is 186 g/mol. The molecule has 0 aliphatic carbocycles. The number of hydrogen-bond acceptors (Lipinski definition) is 2. The van der Waals surface area contributed by atoms with E-state index in [2.05, 4.69) is 17.3 Å². The van der Waals surface area contributed by atoms with Crippen molar-refractivity contribution in [2.24, 2.45) is 7.05 Å². The van der Waals surface area contributed by atoms with Gasteiger partial charge in [-0.05, 0) is 19.0 Å². The molecule has 13 heavy (non-hydrogen) atoms. The normalized spacial score (nSPS) is 10.7. The minimum absolute atomic E-state index is 0.565. The lowest BCUT2D eigenvalue weighted by molar-refractivity contribution is 0.602. The van der Waals surface area contributed by atoms with Crippen molar-refractivity contribution >= 4 is 11.6 Å². The quantitative estimate of drug-likeness (QED) is 0.739. The fourth-order valence-corrected chi connectivity index (χ4v) is 1.39. The number of rotatable bonds is 5. The maximum Gasteiger partial charge on any atom is 0.151 e. The molecule has 0 spiro atoms. The molecule has 4 heteroatoms. The molecule has 0 fully saturated rings. The number of unbranched alkanes of at least 4 members (excludes halogenated alkanes) is 1. The second-order valence-corrected chi connectivity index (χ2v) is 3.50. The molecule has 74 valence electrons. The summed E-state index contributed by atoms with van der Waals surface area (Å²) in [4.78, 5) is 0. The Morgan fingerprint density at radius 2 is 2.38 bits per heavy atom. The van der Waals surface area contributed by atoms with Gasteiger partial charge in [0.1, 0.15) is 0 Å². The second-order valence-electron chi connectivity index (χ2n) is 3.11. The lowest BCUT2D eigenvalue weighted by atomic mass is 10.3. The molecule has 1 heterocycles. The number of nitrogens with zero attached hydrogens (tertiary/aromatic N) is 2. The van der Waals surface area contributed by atoms with Crippen LogP contribution in [-0.4, -0.2) is 16.3 Å². The fraction of sp³-hybridized carbons (Fsp3) is 0.667. The summed E-state index contributed by atoms with van der Waals surface area (Å²) in [7, 11) is 1.91. The maximum absolute atomic E-state index is 5.75. The van der Waals surface area contributed by atoms with Crippen molar-refractivity contribution in [3.05, 3.63) is 16.9 Å². The molecule has 3 nitrogen and oxygen atoms in total. The predicted octanol–water partition coefficient (Wildman–Crippen LogP) is 1.96. The van der Waals surface area contributed by atoms with Gasteiger partial charge in [-0.1, -0.05) is 24.9 Å². The third-order valence-corrected chi connectivity index (χ3v) is 2.14. The SMILES string of the molecule is CCCCNCc1cc(Cl)nn1C. The summed E-state index contributed by atoms with van der Waals surface area (Å²) in [6, 6.07) is 1.89. The molecule has 0 unspecified atom stereocenters. The summed E-state index contributed by atoms with van der Waals surface area (Å²) in [5.74, 6) is 0. The highest BCUT2D eigenvalue weighted by Gasteiger charge is 2.01. The van der Waals surface area contributed by atoms with Gasteiger partial charge in [0, 0.05) is 13.6 Å². The van der Waals surface area contributed by atoms with E-state index < -0.39 is 0 Å². The van der Waals surface area contributed by atoms with Crippen LogP contribution in [0.1, 0.15) is 25.5 Å². The summed E-state index contributed by atoms with van der Waals surface area (Å²) < 4.78 is 1.81. The molecule has 1 aromatic heterocycles. The summed E-state index contributed by atoms with van der Waals surface area (Å²) >= 11 is 5.75. The number of hydrogen-bond donors (Lipinski definition) is 1. The molecule has 1 rings (SSSR count). The van der Waals surface area contributed by atoms with E-state index in [0.717, 1.165) is 18.8 Å². The molecule has 0 atom stereocenters. The Morgan fingerprint density at radius 3 is 2.92 bits per heavy atom. The highest BCUT2D eigenvalue weighted by atomic mass is 35.5. The highest BCUT2D eigenvalue weighted by molar-refractivity contribution is 6.29. The van der Waals surface area contributed by atoms with Crippen LogP contribution in [0.3, 0.4) is 0 Å². The van der Waals surface area contributed by atoms with Crippen LogP contribution in [-0.2, 0) is 13.6 Å². The van der Waals surface area contributed by atoms with E-state index in [9.17, 15) is 0 Å². The number of aromatic nitrogens is 2. The zero-order valence-electron chi connectivity index (χ0n) is 8.18. The van der Waals surface area contributed by atoms with Crippen LogP contribution in [0.5, 0.6) is 0 Å². The van der Waals surface area contributed by atoms with E-state index in [0.29, 0.717) is 5.15 Å². The van der Waals surface area contributed by atoms with Crippen molar-refractivity contribution in [2.75, 3.05) is 6.54 Å². The molecule has 0 aliphatic heterocycles. The molecule has 0 aliphatic rings. The smallest absolute Gasteiger partial charge is 0.151 e. The van der Waals surface area contributed by atoms with E-state index in [1.54, 1.807) is 4.68 Å². The Kier molecular flexibility index (Phi) is 4.25. The van der Waals surface area contributed by atoms with Gasteiger partial charge in [0.2, 0.25) is 0 Å². The Morgan fingerprint density at radius 1 is 1.62 bits per heavy atom. The van der Waals surface area contributed by atoms with Gasteiger partial charge >= 0.3 is 0 Å². The minimum Gasteiger partial charge on any atom is -0.311 e. The molecule has 0 radical (unpaired) electrons. The first-order valence-electron chi connectivity index (χ1n) is 4.63. The predicted molar refractivity (Wildman–Crippen MR) is 54.8 cm³/mol. The van der Waals surface area contributed by atoms with Gasteiger partial charge in [-0.15, -0.1) is 0 Å². The van der Waals surface area contributed by atoms with Crippen molar-refractivity contribution in [3.8, 4) is 0 Å². The minimum atomic E-state index is 0.565. The van der Waals surface area contributed by atoms with Crippen LogP contribution >= 0.6 is 11.6 Å². The third kappa shape index (κ3) is 3.36. The summed E-state index contributed by atoms with van der Waals surface area (Å²) in [5.41, 5.74) is 1.13. The zero-order chi connectivity index (χ0) is 9.68. The van der Waals surface area contributed by atoms with Gasteiger partial charge in [-0.25, -0.2) is 0 Å². The van der Waals surface area contributed by atoms with Crippen LogP contribution in [0, 0.1) is 0 Å². The summed E-state index contributed by atoms with van der Waals surface area (Å²) in [6.45, 7) is 4.08. The van der Waals surface area contributed by atoms with Crippen LogP contribution in [0.2, 0.25) is 5.15 Å². The fourth-order valence-electron chi connectivity index (χ4n) is 1.15. The van der Waals surface area contributed by atoms with Gasteiger partial charge in [0.05, 0.1) is 5.69 Å². The molecular formula is C9H16ClN3. The lowest BCUT2D eigenvalue weighted by Crippen LogP contribution is -2.16. The van der Waals surface area contributed by atoms with Crippen LogP contribution in [0.4, 0.5) is 0 Å². The first-order chi connectivity index (χ1) is 6.24. The Bertz CT molecular complexity index is 257. The highest BCUT2D eigenvalue weighted by Crippen LogP contribution is 2.07. The Hall–Kier alpha value is -0.540. The molecule has 1 N–H and O–H groups in total. The number of aryl methyl sites for hydroxylation is 1. The lowest BCUT2D eigenvalue weighted by Gasteiger charge is -2.03. The molecule has 0 amide bonds. The maximum atomic E-state index is 5.75. The van der Waals surface area contributed by atoms with Crippen LogP contribution in [0.15, 0.2) is 6.07 Å². The zero-order valence-corrected chi connectivity index (χ0v) is 8.93. The summed E-state index contributed by atoms with van der Waals surface area (Å²) in [6.07, 6.45) is 2.44. The summed E-state index contributed by atoms with van der Waals surface area (Å²) in [5, 5.41) is 7.95. The van der Waals surface area contributed by atoms with Crippen molar-refractivity contribution in [3.63, 3.8) is 0 Å². The van der Waals surface area contributed by atoms with E-state index in [1.165, 1.54) is 12.8 Å². The Labute approximate surface area is 84.1 Å². The van der Waals surface area contributed by atoms with Gasteiger partial charge < -0.3 is 5.32 Å². The van der Waals surface area contributed by atoms with Gasteiger partial charge in [-0.2, -0.15) is 5.10 Å². The van der Waals surface area contributed by atoms with Gasteiger partial charge in [-0.3, -0.25) is 4.68 Å². The average Bonchev–Trinajstić information content (AvgIpc) is 2.39. The van der Waals surface area contributed by atoms with Crippen LogP contribution < -0.4 is 5.32 Å². The topological polar surface area (TPSA) is 29.9 Å². The molecule has 1 aromatic rings. The van der Waals surface area contributed by atoms with Crippen molar-refractivity contribution in [1.29, 1.82) is 0 Å². The van der Waals surface area contributed by atoms with E-state index in [-0.39, 0.29) is 0 Å². The van der Waals surface area contributed by atoms with E-state index in [1.807, 2.05) is 13.1 Å². The largest absolute Gasteiger partial charge is 0.311 e. The van der Waals surface area contributed by atoms with E-state index >= 15 is 0 Å². The molecule has 0 saturated carbocycles. The third-order valence-electron chi connectivity index (χ3n) is 1.96. The second kappa shape index (κ2) is 5.25. The van der Waals surface area contributed by atoms with Crippen molar-refractivity contribution in [2.45, 2.75) is 26.3 Å². The Balaban J connectivity index is 2.32. The van der Waals surface area contributed by atoms with Crippen molar-refractivity contribution < 1.29 is 0 Å². The standard InChI is InChI=1S/C9H16ClN3/c1-3-4-5-11-7-8-6-9(10)12-13(8)2/h6,11H,3-5,7H2,1-2H3. The monoisotopic (exact) mass is 201 g/mol. The van der Waals surface area contributed by atoms with Gasteiger partial charge in [0.25, 0.3) is 0 Å².